The zero-order valence-corrected chi connectivity index (χ0v) is 12.3. The lowest BCUT2D eigenvalue weighted by atomic mass is 9.93. The molecule has 0 amide bonds. The first-order chi connectivity index (χ1) is 9.56. The quantitative estimate of drug-likeness (QED) is 0.915. The molecule has 2 aromatic rings. The molecule has 0 heterocycles. The summed E-state index contributed by atoms with van der Waals surface area (Å²) in [5.41, 5.74) is 4.29. The molecule has 0 aliphatic rings. The van der Waals surface area contributed by atoms with Gasteiger partial charge in [-0.3, -0.25) is 0 Å². The van der Waals surface area contributed by atoms with Crippen LogP contribution in [0.2, 0.25) is 0 Å². The van der Waals surface area contributed by atoms with Crippen LogP contribution in [-0.2, 0) is 0 Å². The van der Waals surface area contributed by atoms with E-state index in [1.807, 2.05) is 7.05 Å². The van der Waals surface area contributed by atoms with Crippen LogP contribution in [0.1, 0.15) is 28.3 Å². The Morgan fingerprint density at radius 2 is 1.80 bits per heavy atom. The van der Waals surface area contributed by atoms with E-state index in [4.69, 9.17) is 4.74 Å². The van der Waals surface area contributed by atoms with Crippen LogP contribution in [0, 0.1) is 19.7 Å². The zero-order valence-electron chi connectivity index (χ0n) is 12.3. The highest BCUT2D eigenvalue weighted by atomic mass is 19.1. The highest BCUT2D eigenvalue weighted by molar-refractivity contribution is 5.45. The van der Waals surface area contributed by atoms with Gasteiger partial charge in [0, 0.05) is 5.56 Å². The molecule has 0 aliphatic heterocycles. The van der Waals surface area contributed by atoms with E-state index in [9.17, 15) is 4.39 Å². The van der Waals surface area contributed by atoms with Crippen molar-refractivity contribution < 1.29 is 9.13 Å². The number of methoxy groups -OCH3 is 1. The van der Waals surface area contributed by atoms with Crippen molar-refractivity contribution in [3.05, 3.63) is 64.5 Å². The smallest absolute Gasteiger partial charge is 0.124 e. The van der Waals surface area contributed by atoms with Gasteiger partial charge in [0.05, 0.1) is 13.2 Å². The van der Waals surface area contributed by atoms with Gasteiger partial charge in [0.1, 0.15) is 11.6 Å². The molecule has 1 atom stereocenters. The third-order valence-electron chi connectivity index (χ3n) is 3.54. The molecule has 0 saturated heterocycles. The second kappa shape index (κ2) is 6.06. The first-order valence-electron chi connectivity index (χ1n) is 6.64. The first-order valence-corrected chi connectivity index (χ1v) is 6.64. The van der Waals surface area contributed by atoms with Gasteiger partial charge in [-0.2, -0.15) is 0 Å². The van der Waals surface area contributed by atoms with Gasteiger partial charge in [-0.05, 0) is 50.2 Å². The Hall–Kier alpha value is -1.87. The Bertz CT molecular complexity index is 610. The van der Waals surface area contributed by atoms with Gasteiger partial charge in [0.15, 0.2) is 0 Å². The number of ether oxygens (including phenoxy) is 1. The van der Waals surface area contributed by atoms with Crippen molar-refractivity contribution in [2.24, 2.45) is 0 Å². The van der Waals surface area contributed by atoms with Crippen LogP contribution in [-0.4, -0.2) is 14.2 Å². The van der Waals surface area contributed by atoms with Gasteiger partial charge >= 0.3 is 0 Å². The molecular weight excluding hydrogens is 253 g/mol. The Kier molecular flexibility index (Phi) is 4.40. The number of rotatable bonds is 4. The normalized spacial score (nSPS) is 12.2. The summed E-state index contributed by atoms with van der Waals surface area (Å²) in [7, 11) is 3.48. The molecule has 1 N–H and O–H groups in total. The van der Waals surface area contributed by atoms with E-state index in [1.54, 1.807) is 13.2 Å². The van der Waals surface area contributed by atoms with Gasteiger partial charge in [-0.1, -0.05) is 23.8 Å². The van der Waals surface area contributed by atoms with E-state index in [1.165, 1.54) is 23.3 Å². The topological polar surface area (TPSA) is 21.3 Å². The summed E-state index contributed by atoms with van der Waals surface area (Å²) in [5.74, 6) is 0.429. The molecule has 0 aliphatic carbocycles. The van der Waals surface area contributed by atoms with Crippen LogP contribution in [0.15, 0.2) is 36.4 Å². The van der Waals surface area contributed by atoms with Gasteiger partial charge in [-0.25, -0.2) is 4.39 Å². The van der Waals surface area contributed by atoms with Crippen LogP contribution in [0.25, 0.3) is 0 Å². The second-order valence-electron chi connectivity index (χ2n) is 4.97. The predicted octanol–water partition coefficient (Wildman–Crippen LogP) is 3.76. The van der Waals surface area contributed by atoms with E-state index in [-0.39, 0.29) is 11.9 Å². The summed E-state index contributed by atoms with van der Waals surface area (Å²) in [5, 5.41) is 3.26. The molecule has 2 nitrogen and oxygen atoms in total. The van der Waals surface area contributed by atoms with E-state index in [0.717, 1.165) is 11.1 Å². The van der Waals surface area contributed by atoms with Crippen LogP contribution in [0.3, 0.4) is 0 Å². The van der Waals surface area contributed by atoms with Gasteiger partial charge < -0.3 is 10.1 Å². The molecule has 1 unspecified atom stereocenters. The van der Waals surface area contributed by atoms with Crippen molar-refractivity contribution >= 4 is 0 Å². The lowest BCUT2D eigenvalue weighted by molar-refractivity contribution is 0.403. The summed E-state index contributed by atoms with van der Waals surface area (Å²) in [4.78, 5) is 0. The molecular formula is C17H20FNO. The fourth-order valence-electron chi connectivity index (χ4n) is 2.48. The van der Waals surface area contributed by atoms with Crippen LogP contribution >= 0.6 is 0 Å². The van der Waals surface area contributed by atoms with Gasteiger partial charge in [0.2, 0.25) is 0 Å². The van der Waals surface area contributed by atoms with Gasteiger partial charge in [0.25, 0.3) is 0 Å². The highest BCUT2D eigenvalue weighted by Gasteiger charge is 2.19. The van der Waals surface area contributed by atoms with E-state index < -0.39 is 0 Å². The fourth-order valence-corrected chi connectivity index (χ4v) is 2.48. The third-order valence-corrected chi connectivity index (χ3v) is 3.54. The minimum Gasteiger partial charge on any atom is -0.496 e. The molecule has 0 fully saturated rings. The van der Waals surface area contributed by atoms with Crippen molar-refractivity contribution in [3.8, 4) is 5.75 Å². The predicted molar refractivity (Wildman–Crippen MR) is 79.8 cm³/mol. The number of hydrogen-bond donors (Lipinski definition) is 1. The third kappa shape index (κ3) is 2.83. The van der Waals surface area contributed by atoms with Crippen LogP contribution in [0.5, 0.6) is 5.75 Å². The van der Waals surface area contributed by atoms with E-state index in [0.29, 0.717) is 5.75 Å². The Labute approximate surface area is 119 Å². The standard InChI is InChI=1S/C17H20FNO/c1-11-5-6-12(2)14(9-11)17(19-3)15-10-13(18)7-8-16(15)20-4/h5-10,17,19H,1-4H3. The monoisotopic (exact) mass is 273 g/mol. The molecule has 0 spiro atoms. The Balaban J connectivity index is 2.57. The number of nitrogens with one attached hydrogen (secondary N) is 1. The minimum atomic E-state index is -0.258. The Morgan fingerprint density at radius 3 is 2.45 bits per heavy atom. The maximum atomic E-state index is 13.6. The summed E-state index contributed by atoms with van der Waals surface area (Å²) in [6.07, 6.45) is 0. The van der Waals surface area contributed by atoms with Crippen molar-refractivity contribution in [2.45, 2.75) is 19.9 Å². The largest absolute Gasteiger partial charge is 0.496 e. The first kappa shape index (κ1) is 14.5. The number of benzene rings is 2. The van der Waals surface area contributed by atoms with Crippen molar-refractivity contribution in [1.29, 1.82) is 0 Å². The number of hydrogen-bond acceptors (Lipinski definition) is 2. The molecule has 0 bridgehead atoms. The number of halogens is 1. The van der Waals surface area contributed by atoms with E-state index in [2.05, 4.69) is 37.4 Å². The average Bonchev–Trinajstić information content (AvgIpc) is 2.44. The lowest BCUT2D eigenvalue weighted by Crippen LogP contribution is -2.19. The maximum absolute atomic E-state index is 13.6. The molecule has 20 heavy (non-hydrogen) atoms. The highest BCUT2D eigenvalue weighted by Crippen LogP contribution is 2.32. The fraction of sp³-hybridized carbons (Fsp3) is 0.294. The molecule has 0 aromatic heterocycles. The number of aryl methyl sites for hydroxylation is 2. The lowest BCUT2D eigenvalue weighted by Gasteiger charge is -2.22. The Morgan fingerprint density at radius 1 is 1.05 bits per heavy atom. The molecule has 2 aromatic carbocycles. The zero-order chi connectivity index (χ0) is 14.7. The van der Waals surface area contributed by atoms with Crippen molar-refractivity contribution in [1.82, 2.24) is 5.32 Å². The molecule has 2 rings (SSSR count). The summed E-state index contributed by atoms with van der Waals surface area (Å²) in [6, 6.07) is 10.8. The summed E-state index contributed by atoms with van der Waals surface area (Å²) in [6.45, 7) is 4.11. The summed E-state index contributed by atoms with van der Waals surface area (Å²) < 4.78 is 19.0. The van der Waals surface area contributed by atoms with Crippen LogP contribution < -0.4 is 10.1 Å². The average molecular weight is 273 g/mol. The molecule has 0 saturated carbocycles. The summed E-state index contributed by atoms with van der Waals surface area (Å²) >= 11 is 0. The van der Waals surface area contributed by atoms with Crippen molar-refractivity contribution in [3.63, 3.8) is 0 Å². The molecule has 106 valence electrons. The molecule has 0 radical (unpaired) electrons. The van der Waals surface area contributed by atoms with Gasteiger partial charge in [-0.15, -0.1) is 0 Å². The SMILES string of the molecule is CNC(c1cc(C)ccc1C)c1cc(F)ccc1OC. The maximum Gasteiger partial charge on any atom is 0.124 e. The van der Waals surface area contributed by atoms with Crippen LogP contribution in [0.4, 0.5) is 4.39 Å². The van der Waals surface area contributed by atoms with E-state index >= 15 is 0 Å². The molecule has 3 heteroatoms. The minimum absolute atomic E-state index is 0.0967. The second-order valence-corrected chi connectivity index (χ2v) is 4.97. The van der Waals surface area contributed by atoms with Crippen molar-refractivity contribution in [2.75, 3.05) is 14.2 Å².